The highest BCUT2D eigenvalue weighted by atomic mass is 16.2. The van der Waals surface area contributed by atoms with Gasteiger partial charge in [-0.2, -0.15) is 0 Å². The third kappa shape index (κ3) is 5.36. The summed E-state index contributed by atoms with van der Waals surface area (Å²) >= 11 is 0. The van der Waals surface area contributed by atoms with Crippen LogP contribution in [0.2, 0.25) is 0 Å². The second-order valence-corrected chi connectivity index (χ2v) is 4.84. The number of rotatable bonds is 7. The minimum Gasteiger partial charge on any atom is -0.342 e. The van der Waals surface area contributed by atoms with Crippen molar-refractivity contribution < 1.29 is 4.79 Å². The zero-order valence-corrected chi connectivity index (χ0v) is 14.5. The van der Waals surface area contributed by atoms with E-state index in [-0.39, 0.29) is 5.91 Å². The van der Waals surface area contributed by atoms with Crippen molar-refractivity contribution in [3.05, 3.63) is 66.3 Å². The monoisotopic (exact) mass is 299 g/mol. The lowest BCUT2D eigenvalue weighted by Crippen LogP contribution is -2.28. The molecule has 0 saturated carbocycles. The molecule has 0 spiro atoms. The van der Waals surface area contributed by atoms with Gasteiger partial charge in [-0.1, -0.05) is 70.4 Å². The molecule has 1 aromatic carbocycles. The molecule has 1 rings (SSSR count). The van der Waals surface area contributed by atoms with Crippen molar-refractivity contribution in [3.63, 3.8) is 0 Å². The zero-order chi connectivity index (χ0) is 17.1. The molecule has 0 bridgehead atoms. The van der Waals surface area contributed by atoms with E-state index in [1.807, 2.05) is 39.1 Å². The minimum absolute atomic E-state index is 0.0439. The Balaban J connectivity index is 0.00000211. The lowest BCUT2D eigenvalue weighted by molar-refractivity contribution is 0.0794. The molecule has 0 radical (unpaired) electrons. The molecule has 0 unspecified atom stereocenters. The van der Waals surface area contributed by atoms with Crippen LogP contribution in [0.3, 0.4) is 0 Å². The van der Waals surface area contributed by atoms with Crippen molar-refractivity contribution in [1.29, 1.82) is 0 Å². The van der Waals surface area contributed by atoms with E-state index in [9.17, 15) is 4.79 Å². The number of carbonyl (C=O) groups is 1. The predicted octanol–water partition coefficient (Wildman–Crippen LogP) is 5.12. The summed E-state index contributed by atoms with van der Waals surface area (Å²) in [7, 11) is 1.83. The summed E-state index contributed by atoms with van der Waals surface area (Å²) in [6.45, 7) is 18.3. The van der Waals surface area contributed by atoms with Gasteiger partial charge in [0.1, 0.15) is 0 Å². The zero-order valence-electron chi connectivity index (χ0n) is 14.5. The fourth-order valence-electron chi connectivity index (χ4n) is 2.14. The number of hydrogen-bond acceptors (Lipinski definition) is 1. The molecule has 0 aliphatic carbocycles. The van der Waals surface area contributed by atoms with Gasteiger partial charge in [0.15, 0.2) is 0 Å². The van der Waals surface area contributed by atoms with Gasteiger partial charge in [0.2, 0.25) is 0 Å². The summed E-state index contributed by atoms with van der Waals surface area (Å²) in [4.78, 5) is 14.3. The van der Waals surface area contributed by atoms with E-state index >= 15 is 0 Å². The highest BCUT2D eigenvalue weighted by Gasteiger charge is 2.17. The summed E-state index contributed by atoms with van der Waals surface area (Å²) in [6, 6.07) is 5.73. The highest BCUT2D eigenvalue weighted by molar-refractivity contribution is 5.96. The first-order valence-electron chi connectivity index (χ1n) is 7.85. The lowest BCUT2D eigenvalue weighted by atomic mass is 9.94. The van der Waals surface area contributed by atoms with E-state index in [0.29, 0.717) is 6.42 Å². The van der Waals surface area contributed by atoms with Crippen LogP contribution in [0.15, 0.2) is 49.6 Å². The van der Waals surface area contributed by atoms with Crippen LogP contribution < -0.4 is 0 Å². The van der Waals surface area contributed by atoms with Gasteiger partial charge in [-0.3, -0.25) is 4.79 Å². The Labute approximate surface area is 135 Å². The van der Waals surface area contributed by atoms with Gasteiger partial charge in [-0.25, -0.2) is 0 Å². The van der Waals surface area contributed by atoms with Crippen LogP contribution in [0.25, 0.3) is 6.08 Å². The molecule has 0 heterocycles. The lowest BCUT2D eigenvalue weighted by Gasteiger charge is -2.19. The van der Waals surface area contributed by atoms with Crippen LogP contribution in [-0.2, 0) is 6.42 Å². The fraction of sp³-hybridized carbons (Fsp3) is 0.350. The minimum atomic E-state index is 0.0439. The molecule has 2 heteroatoms. The topological polar surface area (TPSA) is 20.3 Å². The van der Waals surface area contributed by atoms with Crippen molar-refractivity contribution in [1.82, 2.24) is 4.90 Å². The number of benzene rings is 1. The Hall–Kier alpha value is -2.09. The van der Waals surface area contributed by atoms with Crippen molar-refractivity contribution in [2.24, 2.45) is 0 Å². The Morgan fingerprint density at radius 2 is 1.91 bits per heavy atom. The predicted molar refractivity (Wildman–Crippen MR) is 98.2 cm³/mol. The molecule has 0 fully saturated rings. The molecule has 0 aliphatic rings. The van der Waals surface area contributed by atoms with E-state index in [1.165, 1.54) is 0 Å². The second kappa shape index (κ2) is 10.6. The molecule has 0 aliphatic heterocycles. The molecule has 0 saturated heterocycles. The SMILES string of the molecule is C=CC(=C)Cc1c(C=C)cccc1C(=O)N(C)CCC.CC. The highest BCUT2D eigenvalue weighted by Crippen LogP contribution is 2.21. The van der Waals surface area contributed by atoms with Crippen molar-refractivity contribution >= 4 is 12.0 Å². The van der Waals surface area contributed by atoms with E-state index in [2.05, 4.69) is 26.7 Å². The van der Waals surface area contributed by atoms with Gasteiger partial charge in [0, 0.05) is 19.2 Å². The normalized spacial score (nSPS) is 9.27. The third-order valence-electron chi connectivity index (χ3n) is 3.26. The van der Waals surface area contributed by atoms with Gasteiger partial charge >= 0.3 is 0 Å². The van der Waals surface area contributed by atoms with Crippen LogP contribution in [0.4, 0.5) is 0 Å². The molecule has 120 valence electrons. The van der Waals surface area contributed by atoms with Crippen molar-refractivity contribution in [3.8, 4) is 0 Å². The quantitative estimate of drug-likeness (QED) is 0.640. The third-order valence-corrected chi connectivity index (χ3v) is 3.26. The molecule has 2 nitrogen and oxygen atoms in total. The maximum atomic E-state index is 12.5. The molecule has 1 amide bonds. The molecule has 0 aromatic heterocycles. The smallest absolute Gasteiger partial charge is 0.253 e. The molecular formula is C20H29NO. The van der Waals surface area contributed by atoms with Crippen LogP contribution in [-0.4, -0.2) is 24.4 Å². The first-order valence-corrected chi connectivity index (χ1v) is 7.85. The Bertz CT molecular complexity index is 529. The molecule has 22 heavy (non-hydrogen) atoms. The second-order valence-electron chi connectivity index (χ2n) is 4.84. The van der Waals surface area contributed by atoms with E-state index in [0.717, 1.165) is 35.2 Å². The number of hydrogen-bond donors (Lipinski definition) is 0. The Morgan fingerprint density at radius 1 is 1.27 bits per heavy atom. The number of carbonyl (C=O) groups excluding carboxylic acids is 1. The molecule has 1 aromatic rings. The van der Waals surface area contributed by atoms with Crippen LogP contribution >= 0.6 is 0 Å². The summed E-state index contributed by atoms with van der Waals surface area (Å²) < 4.78 is 0. The van der Waals surface area contributed by atoms with E-state index < -0.39 is 0 Å². The first-order chi connectivity index (χ1) is 10.5. The summed E-state index contributed by atoms with van der Waals surface area (Å²) in [6.07, 6.45) is 5.07. The van der Waals surface area contributed by atoms with Gasteiger partial charge < -0.3 is 4.90 Å². The largest absolute Gasteiger partial charge is 0.342 e. The standard InChI is InChI=1S/C18H23NO.C2H6/c1-6-12-19(5)18(20)16-11-9-10-15(8-3)17(16)13-14(4)7-2;1-2/h7-11H,2-4,6,12-13H2,1,5H3;1-2H3. The molecular weight excluding hydrogens is 270 g/mol. The van der Waals surface area contributed by atoms with Gasteiger partial charge in [0.05, 0.1) is 0 Å². The number of allylic oxidation sites excluding steroid dienone is 2. The van der Waals surface area contributed by atoms with Gasteiger partial charge in [-0.05, 0) is 30.0 Å². The maximum absolute atomic E-state index is 12.5. The van der Waals surface area contributed by atoms with Crippen LogP contribution in [0.5, 0.6) is 0 Å². The van der Waals surface area contributed by atoms with Crippen molar-refractivity contribution in [2.45, 2.75) is 33.6 Å². The average Bonchev–Trinajstić information content (AvgIpc) is 2.56. The molecule has 0 N–H and O–H groups in total. The Morgan fingerprint density at radius 3 is 2.41 bits per heavy atom. The molecule has 0 atom stereocenters. The van der Waals surface area contributed by atoms with Crippen LogP contribution in [0.1, 0.15) is 48.7 Å². The number of amides is 1. The average molecular weight is 299 g/mol. The van der Waals surface area contributed by atoms with Crippen molar-refractivity contribution in [2.75, 3.05) is 13.6 Å². The van der Waals surface area contributed by atoms with Gasteiger partial charge in [0.25, 0.3) is 5.91 Å². The summed E-state index contributed by atoms with van der Waals surface area (Å²) in [5, 5.41) is 0. The van der Waals surface area contributed by atoms with Crippen LogP contribution in [0, 0.1) is 0 Å². The first kappa shape index (κ1) is 19.9. The van der Waals surface area contributed by atoms with Gasteiger partial charge in [-0.15, -0.1) is 0 Å². The summed E-state index contributed by atoms with van der Waals surface area (Å²) in [5.74, 6) is 0.0439. The van der Waals surface area contributed by atoms with E-state index in [4.69, 9.17) is 0 Å². The summed E-state index contributed by atoms with van der Waals surface area (Å²) in [5.41, 5.74) is 3.57. The Kier molecular flexibility index (Phi) is 9.60. The fourth-order valence-corrected chi connectivity index (χ4v) is 2.14. The maximum Gasteiger partial charge on any atom is 0.253 e. The van der Waals surface area contributed by atoms with E-state index in [1.54, 1.807) is 17.1 Å². The number of nitrogens with zero attached hydrogens (tertiary/aromatic N) is 1.